The first-order valence-corrected chi connectivity index (χ1v) is 10.9. The number of hydrogen-bond acceptors (Lipinski definition) is 4. The van der Waals surface area contributed by atoms with E-state index in [2.05, 4.69) is 30.8 Å². The van der Waals surface area contributed by atoms with Gasteiger partial charge in [0.15, 0.2) is 0 Å². The minimum absolute atomic E-state index is 0.240. The van der Waals surface area contributed by atoms with Crippen molar-refractivity contribution in [2.75, 3.05) is 6.54 Å². The van der Waals surface area contributed by atoms with E-state index < -0.39 is 10.0 Å². The van der Waals surface area contributed by atoms with Crippen LogP contribution in [0.3, 0.4) is 0 Å². The summed E-state index contributed by atoms with van der Waals surface area (Å²) in [7, 11) is -3.64. The molecule has 0 spiro atoms. The number of rotatable bonds is 7. The van der Waals surface area contributed by atoms with Gasteiger partial charge in [-0.15, -0.1) is 0 Å². The number of sulfonamides is 1. The molecule has 7 nitrogen and oxygen atoms in total. The number of halogens is 1. The van der Waals surface area contributed by atoms with Crippen molar-refractivity contribution in [3.63, 3.8) is 0 Å². The van der Waals surface area contributed by atoms with Crippen LogP contribution in [0.15, 0.2) is 45.9 Å². The number of para-hydroxylation sites is 1. The third-order valence-corrected chi connectivity index (χ3v) is 6.73. The molecule has 1 aromatic carbocycles. The fraction of sp³-hybridized carbons (Fsp3) is 0.333. The first kappa shape index (κ1) is 19.8. The Bertz CT molecular complexity index is 1020. The van der Waals surface area contributed by atoms with Crippen LogP contribution in [0.25, 0.3) is 5.69 Å². The second-order valence-corrected chi connectivity index (χ2v) is 8.88. The van der Waals surface area contributed by atoms with E-state index in [4.69, 9.17) is 0 Å². The average Bonchev–Trinajstić information content (AvgIpc) is 3.11. The molecule has 0 bridgehead atoms. The van der Waals surface area contributed by atoms with Gasteiger partial charge in [-0.1, -0.05) is 18.2 Å². The molecule has 0 radical (unpaired) electrons. The lowest BCUT2D eigenvalue weighted by Gasteiger charge is -2.08. The van der Waals surface area contributed by atoms with Gasteiger partial charge < -0.3 is 0 Å². The van der Waals surface area contributed by atoms with E-state index in [1.165, 1.54) is 0 Å². The SMILES string of the molecule is Cc1nn(CCCNS(=O)(=O)c2c(C)nn(-c3ccccc3)c2C)cc1Br. The minimum Gasteiger partial charge on any atom is -0.271 e. The predicted molar refractivity (Wildman–Crippen MR) is 108 cm³/mol. The van der Waals surface area contributed by atoms with Crippen LogP contribution in [0.1, 0.15) is 23.5 Å². The van der Waals surface area contributed by atoms with Crippen molar-refractivity contribution in [3.05, 3.63) is 58.1 Å². The third kappa shape index (κ3) is 4.31. The Morgan fingerprint density at radius 1 is 1.07 bits per heavy atom. The minimum atomic E-state index is -3.64. The Labute approximate surface area is 167 Å². The molecule has 0 amide bonds. The molecular formula is C18H22BrN5O2S. The van der Waals surface area contributed by atoms with E-state index in [0.29, 0.717) is 30.9 Å². The molecule has 0 saturated carbocycles. The van der Waals surface area contributed by atoms with Crippen molar-refractivity contribution >= 4 is 26.0 Å². The van der Waals surface area contributed by atoms with Crippen molar-refractivity contribution < 1.29 is 8.42 Å². The molecule has 2 aromatic heterocycles. The Kier molecular flexibility index (Phi) is 5.83. The molecule has 2 heterocycles. The summed E-state index contributed by atoms with van der Waals surface area (Å²) in [6, 6.07) is 9.50. The van der Waals surface area contributed by atoms with Gasteiger partial charge in [0.05, 0.1) is 27.2 Å². The quantitative estimate of drug-likeness (QED) is 0.559. The zero-order chi connectivity index (χ0) is 19.6. The Hall–Kier alpha value is -1.97. The summed E-state index contributed by atoms with van der Waals surface area (Å²) in [5, 5.41) is 8.76. The molecule has 0 fully saturated rings. The number of aryl methyl sites for hydroxylation is 3. The maximum Gasteiger partial charge on any atom is 0.244 e. The predicted octanol–water partition coefficient (Wildman–Crippen LogP) is 3.13. The van der Waals surface area contributed by atoms with Gasteiger partial charge >= 0.3 is 0 Å². The zero-order valence-corrected chi connectivity index (χ0v) is 17.9. The molecule has 0 unspecified atom stereocenters. The van der Waals surface area contributed by atoms with E-state index >= 15 is 0 Å². The molecule has 0 aliphatic rings. The van der Waals surface area contributed by atoms with Gasteiger partial charge in [0.2, 0.25) is 10.0 Å². The summed E-state index contributed by atoms with van der Waals surface area (Å²) >= 11 is 3.42. The Balaban J connectivity index is 1.70. The van der Waals surface area contributed by atoms with E-state index in [1.807, 2.05) is 43.5 Å². The number of nitrogens with one attached hydrogen (secondary N) is 1. The van der Waals surface area contributed by atoms with E-state index in [9.17, 15) is 8.42 Å². The molecule has 27 heavy (non-hydrogen) atoms. The van der Waals surface area contributed by atoms with Crippen molar-refractivity contribution in [3.8, 4) is 5.69 Å². The van der Waals surface area contributed by atoms with Crippen LogP contribution >= 0.6 is 15.9 Å². The van der Waals surface area contributed by atoms with Gasteiger partial charge in [0, 0.05) is 19.3 Å². The number of hydrogen-bond donors (Lipinski definition) is 1. The summed E-state index contributed by atoms with van der Waals surface area (Å²) in [6.45, 7) is 6.36. The highest BCUT2D eigenvalue weighted by atomic mass is 79.9. The second kappa shape index (κ2) is 7.95. The van der Waals surface area contributed by atoms with Crippen molar-refractivity contribution in [1.82, 2.24) is 24.3 Å². The van der Waals surface area contributed by atoms with Gasteiger partial charge in [-0.25, -0.2) is 17.8 Å². The molecule has 0 aliphatic carbocycles. The molecule has 0 aliphatic heterocycles. The highest BCUT2D eigenvalue weighted by Gasteiger charge is 2.24. The number of benzene rings is 1. The van der Waals surface area contributed by atoms with Crippen LogP contribution in [-0.2, 0) is 16.6 Å². The van der Waals surface area contributed by atoms with Gasteiger partial charge in [-0.3, -0.25) is 4.68 Å². The standard InChI is InChI=1S/C18H22BrN5O2S/c1-13-17(19)12-23(21-13)11-7-10-20-27(25,26)18-14(2)22-24(15(18)3)16-8-5-4-6-9-16/h4-6,8-9,12,20H,7,10-11H2,1-3H3. The van der Waals surface area contributed by atoms with Crippen molar-refractivity contribution in [1.29, 1.82) is 0 Å². The van der Waals surface area contributed by atoms with Crippen LogP contribution in [-0.4, -0.2) is 34.5 Å². The van der Waals surface area contributed by atoms with Gasteiger partial charge in [-0.2, -0.15) is 10.2 Å². The maximum absolute atomic E-state index is 12.8. The molecule has 144 valence electrons. The van der Waals surface area contributed by atoms with Crippen LogP contribution < -0.4 is 4.72 Å². The van der Waals surface area contributed by atoms with Crippen LogP contribution in [0.2, 0.25) is 0 Å². The fourth-order valence-corrected chi connectivity index (χ4v) is 4.74. The highest BCUT2D eigenvalue weighted by Crippen LogP contribution is 2.22. The lowest BCUT2D eigenvalue weighted by molar-refractivity contribution is 0.550. The summed E-state index contributed by atoms with van der Waals surface area (Å²) in [5.41, 5.74) is 2.82. The van der Waals surface area contributed by atoms with Crippen LogP contribution in [0.4, 0.5) is 0 Å². The molecule has 0 atom stereocenters. The van der Waals surface area contributed by atoms with Crippen molar-refractivity contribution in [2.24, 2.45) is 0 Å². The van der Waals surface area contributed by atoms with Crippen molar-refractivity contribution in [2.45, 2.75) is 38.6 Å². The normalized spacial score (nSPS) is 11.9. The lowest BCUT2D eigenvalue weighted by atomic mass is 10.3. The Morgan fingerprint density at radius 3 is 2.41 bits per heavy atom. The monoisotopic (exact) mass is 451 g/mol. The summed E-state index contributed by atoms with van der Waals surface area (Å²) in [5.74, 6) is 0. The molecule has 3 rings (SSSR count). The lowest BCUT2D eigenvalue weighted by Crippen LogP contribution is -2.26. The summed E-state index contributed by atoms with van der Waals surface area (Å²) in [4.78, 5) is 0.240. The average molecular weight is 452 g/mol. The molecule has 1 N–H and O–H groups in total. The van der Waals surface area contributed by atoms with Crippen LogP contribution in [0.5, 0.6) is 0 Å². The van der Waals surface area contributed by atoms with Gasteiger partial charge in [0.1, 0.15) is 4.90 Å². The fourth-order valence-electron chi connectivity index (χ4n) is 2.97. The molecule has 3 aromatic rings. The second-order valence-electron chi connectivity index (χ2n) is 6.32. The Morgan fingerprint density at radius 2 is 1.78 bits per heavy atom. The maximum atomic E-state index is 12.8. The molecule has 9 heteroatoms. The zero-order valence-electron chi connectivity index (χ0n) is 15.5. The smallest absolute Gasteiger partial charge is 0.244 e. The van der Waals surface area contributed by atoms with Gasteiger partial charge in [-0.05, 0) is 55.3 Å². The number of aromatic nitrogens is 4. The summed E-state index contributed by atoms with van der Waals surface area (Å²) in [6.07, 6.45) is 2.53. The topological polar surface area (TPSA) is 81.8 Å². The third-order valence-electron chi connectivity index (χ3n) is 4.24. The molecular weight excluding hydrogens is 430 g/mol. The van der Waals surface area contributed by atoms with Crippen LogP contribution in [0, 0.1) is 20.8 Å². The highest BCUT2D eigenvalue weighted by molar-refractivity contribution is 9.10. The largest absolute Gasteiger partial charge is 0.271 e. The van der Waals surface area contributed by atoms with E-state index in [0.717, 1.165) is 15.9 Å². The van der Waals surface area contributed by atoms with E-state index in [-0.39, 0.29) is 4.90 Å². The molecule has 0 saturated heterocycles. The van der Waals surface area contributed by atoms with Gasteiger partial charge in [0.25, 0.3) is 0 Å². The van der Waals surface area contributed by atoms with E-state index in [1.54, 1.807) is 23.2 Å². The summed E-state index contributed by atoms with van der Waals surface area (Å²) < 4.78 is 32.7. The first-order chi connectivity index (χ1) is 12.8. The first-order valence-electron chi connectivity index (χ1n) is 8.60. The number of nitrogens with zero attached hydrogens (tertiary/aromatic N) is 4.